The zero-order valence-corrected chi connectivity index (χ0v) is 50.5. The van der Waals surface area contributed by atoms with Crippen molar-refractivity contribution in [2.75, 3.05) is 13.7 Å². The molecule has 4 aliphatic carbocycles. The van der Waals surface area contributed by atoms with E-state index in [1.807, 2.05) is 32.9 Å². The molecule has 5 aliphatic heterocycles. The van der Waals surface area contributed by atoms with Gasteiger partial charge in [0.25, 0.3) is 0 Å². The molecule has 6 N–H and O–H groups in total. The summed E-state index contributed by atoms with van der Waals surface area (Å²) < 4.78 is 68.7. The third-order valence-electron chi connectivity index (χ3n) is 19.9. The molecule has 474 valence electrons. The van der Waals surface area contributed by atoms with Gasteiger partial charge >= 0.3 is 18.0 Å². The number of carbonyl (C=O) groups is 5. The Morgan fingerprint density at radius 3 is 2.19 bits per heavy atom. The van der Waals surface area contributed by atoms with Crippen LogP contribution in [-0.2, 0) is 71.3 Å². The lowest BCUT2D eigenvalue weighted by Crippen LogP contribution is -2.67. The van der Waals surface area contributed by atoms with Crippen LogP contribution in [0.5, 0.6) is 0 Å². The van der Waals surface area contributed by atoms with E-state index >= 15 is 4.79 Å². The van der Waals surface area contributed by atoms with Crippen LogP contribution >= 0.6 is 0 Å². The van der Waals surface area contributed by atoms with Crippen LogP contribution < -0.4 is 5.32 Å². The number of hydrogen-bond acceptors (Lipinski definition) is 23. The summed E-state index contributed by atoms with van der Waals surface area (Å²) in [4.78, 5) is 67.8. The number of fused-ring (bicyclic) bond motifs is 4. The van der Waals surface area contributed by atoms with Crippen LogP contribution in [0.2, 0.25) is 0 Å². The monoisotopic (exact) mass is 1200 g/mol. The van der Waals surface area contributed by atoms with Gasteiger partial charge in [-0.25, -0.2) is 9.59 Å². The zero-order valence-electron chi connectivity index (χ0n) is 50.5. The Morgan fingerprint density at radius 2 is 1.52 bits per heavy atom. The summed E-state index contributed by atoms with van der Waals surface area (Å²) in [6.07, 6.45) is -4.31. The number of carbonyl (C=O) groups excluding carboxylic acids is 5. The van der Waals surface area contributed by atoms with Gasteiger partial charge in [0.1, 0.15) is 29.8 Å². The van der Waals surface area contributed by atoms with Crippen LogP contribution in [-0.4, -0.2) is 190 Å². The summed E-state index contributed by atoms with van der Waals surface area (Å²) in [5.41, 5.74) is -4.73. The lowest BCUT2D eigenvalue weighted by molar-refractivity contribution is -0.302. The maximum Gasteiger partial charge on any atom is 0.407 e. The maximum atomic E-state index is 15.5. The van der Waals surface area contributed by atoms with Gasteiger partial charge in [-0.1, -0.05) is 50.6 Å². The van der Waals surface area contributed by atoms with Crippen molar-refractivity contribution in [3.8, 4) is 0 Å². The van der Waals surface area contributed by atoms with Gasteiger partial charge in [0.05, 0.1) is 92.3 Å². The standard InChI is InChI=1S/C61H87N2O22/c1-27-13-16-43(82-48-24-59(10,63(73)74)54(34(8)79-48)62-58(72)75-12)28(2)18-40-41(66)19-36(25-64)23-61(40)56(70)49(57(71)85-61)55(69)60(11)39(27)15-14-38-50(60)29(3)17-30(4)52(38)84-47-22-45(53(33(7)78-47)80-35(9)65)81-37-20-44(31(5)76-26-37)83-46-21-42(67)51(68)32(6)77-46/h13-15,18-19,25,29-34,37-48,50-54,66-69,73H,16-17,20-24,26H2,1-12H3,(H,62,72)/q-1. The third kappa shape index (κ3) is 12.5. The Bertz CT molecular complexity index is 2660. The number of aldehydes is 1. The molecule has 26 unspecified atom stereocenters. The van der Waals surface area contributed by atoms with Gasteiger partial charge in [-0.2, -0.15) is 0 Å². The molecule has 0 aromatic carbocycles. The van der Waals surface area contributed by atoms with Gasteiger partial charge in [0.2, 0.25) is 5.78 Å². The number of hydroxylamine groups is 2. The fourth-order valence-corrected chi connectivity index (χ4v) is 15.5. The second-order valence-electron chi connectivity index (χ2n) is 25.8. The Kier molecular flexibility index (Phi) is 19.5. The SMILES string of the molecule is COC(=O)NC1C(C)OC(OC2CC=C(C)C3C=CC4C(OC5CC(OC6COC(C)C(OC7CC(O)C(O)C(C)O7)C6)C(OC(C)=O)C(C)O5)C(C)CC(C)C4C3(C)C(O)=C3C(=O)OC4(CC(C=O)=CC(O)C4C=C2C)C3=O)CC1(C)N([O-])O. The van der Waals surface area contributed by atoms with E-state index in [4.69, 9.17) is 52.1 Å². The van der Waals surface area contributed by atoms with Crippen molar-refractivity contribution in [3.05, 3.63) is 63.6 Å². The third-order valence-corrected chi connectivity index (χ3v) is 19.9. The minimum absolute atomic E-state index is 0.00487. The maximum absolute atomic E-state index is 15.5. The lowest BCUT2D eigenvalue weighted by atomic mass is 9.49. The van der Waals surface area contributed by atoms with Crippen LogP contribution in [0.3, 0.4) is 0 Å². The second-order valence-corrected chi connectivity index (χ2v) is 25.8. The molecule has 6 fully saturated rings. The van der Waals surface area contributed by atoms with E-state index in [-0.39, 0.29) is 61.0 Å². The molecule has 26 atom stereocenters. The Morgan fingerprint density at radius 1 is 0.824 bits per heavy atom. The zero-order chi connectivity index (χ0) is 61.9. The number of methoxy groups -OCH3 is 1. The number of nitrogens with one attached hydrogen (secondary N) is 1. The van der Waals surface area contributed by atoms with Gasteiger partial charge in [-0.15, -0.1) is 0 Å². The van der Waals surface area contributed by atoms with E-state index in [2.05, 4.69) is 25.2 Å². The lowest BCUT2D eigenvalue weighted by Gasteiger charge is -2.56. The second kappa shape index (κ2) is 25.5. The molecule has 5 saturated heterocycles. The summed E-state index contributed by atoms with van der Waals surface area (Å²) in [5.74, 6) is -6.37. The number of aliphatic hydroxyl groups is 4. The number of aliphatic hydroxyl groups excluding tert-OH is 4. The van der Waals surface area contributed by atoms with Gasteiger partial charge in [-0.3, -0.25) is 19.6 Å². The molecule has 1 spiro atoms. The van der Waals surface area contributed by atoms with Crippen LogP contribution in [0, 0.1) is 46.1 Å². The number of Topliss-reactive ketones (excluding diaryl/α,β-unsaturated/α-hetero) is 1. The number of nitrogens with zero attached hydrogens (tertiary/aromatic N) is 1. The minimum Gasteiger partial charge on any atom is -0.762 e. The van der Waals surface area contributed by atoms with Crippen molar-refractivity contribution < 1.29 is 102 Å². The molecule has 0 aromatic rings. The highest BCUT2D eigenvalue weighted by Gasteiger charge is 2.65. The fourth-order valence-electron chi connectivity index (χ4n) is 15.5. The first-order valence-electron chi connectivity index (χ1n) is 29.9. The topological polar surface area (TPSA) is 326 Å². The van der Waals surface area contributed by atoms with Crippen LogP contribution in [0.15, 0.2) is 58.4 Å². The van der Waals surface area contributed by atoms with E-state index in [1.54, 1.807) is 33.8 Å². The molecule has 24 nitrogen and oxygen atoms in total. The minimum atomic E-state index is -2.19. The van der Waals surface area contributed by atoms with Crippen LogP contribution in [0.4, 0.5) is 4.79 Å². The molecule has 0 radical (unpaired) electrons. The normalized spacial score (nSPS) is 45.9. The number of esters is 2. The smallest absolute Gasteiger partial charge is 0.407 e. The average molecular weight is 1200 g/mol. The summed E-state index contributed by atoms with van der Waals surface area (Å²) in [6, 6.07) is -1.06. The Balaban J connectivity index is 1.05. The molecule has 9 aliphatic rings. The molecule has 2 bridgehead atoms. The molecular weight excluding hydrogens is 1110 g/mol. The molecule has 85 heavy (non-hydrogen) atoms. The van der Waals surface area contributed by atoms with E-state index in [0.29, 0.717) is 24.7 Å². The predicted molar refractivity (Wildman–Crippen MR) is 297 cm³/mol. The number of allylic oxidation sites excluding steroid dienone is 3. The molecule has 9 rings (SSSR count). The average Bonchev–Trinajstić information content (AvgIpc) is 2.03. The van der Waals surface area contributed by atoms with Gasteiger partial charge in [-0.05, 0) is 96.3 Å². The number of alkyl carbamates (subject to hydrolysis) is 1. The Hall–Kier alpha value is -4.51. The largest absolute Gasteiger partial charge is 0.762 e. The highest BCUT2D eigenvalue weighted by atomic mass is 16.8. The molecule has 1 amide bonds. The molecule has 24 heteroatoms. The number of rotatable bonds is 12. The summed E-state index contributed by atoms with van der Waals surface area (Å²) in [6.45, 7) is 19.4. The number of ketones is 1. The van der Waals surface area contributed by atoms with Crippen molar-refractivity contribution >= 4 is 30.1 Å². The van der Waals surface area contributed by atoms with Crippen molar-refractivity contribution in [1.29, 1.82) is 0 Å². The highest BCUT2D eigenvalue weighted by molar-refractivity contribution is 6.26. The Labute approximate surface area is 495 Å². The molecule has 1 saturated carbocycles. The van der Waals surface area contributed by atoms with Crippen molar-refractivity contribution in [1.82, 2.24) is 10.5 Å². The van der Waals surface area contributed by atoms with E-state index in [9.17, 15) is 50.0 Å². The molecular formula is C61H87N2O22-. The van der Waals surface area contributed by atoms with E-state index in [0.717, 1.165) is 12.7 Å². The van der Waals surface area contributed by atoms with E-state index < -0.39 is 180 Å². The van der Waals surface area contributed by atoms with Crippen molar-refractivity contribution in [2.45, 2.75) is 237 Å². The fraction of sp³-hybridized carbons (Fsp3) is 0.754. The molecule has 0 aromatic heterocycles. The first-order chi connectivity index (χ1) is 40.0. The quantitative estimate of drug-likeness (QED) is 0.0373. The van der Waals surface area contributed by atoms with E-state index in [1.165, 1.54) is 19.9 Å². The van der Waals surface area contributed by atoms with Gasteiger partial charge < -0.3 is 88.3 Å². The number of amides is 1. The van der Waals surface area contributed by atoms with Crippen LogP contribution in [0.25, 0.3) is 0 Å². The first kappa shape index (κ1) is 64.9. The molecule has 5 heterocycles. The van der Waals surface area contributed by atoms with Crippen molar-refractivity contribution in [2.24, 2.45) is 40.9 Å². The van der Waals surface area contributed by atoms with Gasteiger partial charge in [0, 0.05) is 56.3 Å². The highest BCUT2D eigenvalue weighted by Crippen LogP contribution is 2.61. The number of hydrogen-bond donors (Lipinski definition) is 6. The number of ether oxygens (including phenoxy) is 11. The van der Waals surface area contributed by atoms with Crippen LogP contribution in [0.1, 0.15) is 121 Å². The first-order valence-corrected chi connectivity index (χ1v) is 29.9. The predicted octanol–water partition coefficient (Wildman–Crippen LogP) is 5.01. The van der Waals surface area contributed by atoms with Crippen molar-refractivity contribution in [3.63, 3.8) is 0 Å². The van der Waals surface area contributed by atoms with Gasteiger partial charge in [0.15, 0.2) is 30.6 Å². The summed E-state index contributed by atoms with van der Waals surface area (Å²) in [5, 5.41) is 71.7. The summed E-state index contributed by atoms with van der Waals surface area (Å²) >= 11 is 0. The summed E-state index contributed by atoms with van der Waals surface area (Å²) in [7, 11) is 1.16.